The van der Waals surface area contributed by atoms with E-state index < -0.39 is 0 Å². The molecule has 0 heterocycles. The third kappa shape index (κ3) is 6.98. The van der Waals surface area contributed by atoms with E-state index in [9.17, 15) is 0 Å². The molecule has 3 atom stereocenters. The van der Waals surface area contributed by atoms with E-state index in [1.807, 2.05) is 27.7 Å². The Bertz CT molecular complexity index is 115. The van der Waals surface area contributed by atoms with Gasteiger partial charge in [0.2, 0.25) is 0 Å². The van der Waals surface area contributed by atoms with E-state index in [1.165, 1.54) is 19.3 Å². The second-order valence-corrected chi connectivity index (χ2v) is 4.77. The number of rotatable bonds is 1. The Kier molecular flexibility index (Phi) is 12.2. The van der Waals surface area contributed by atoms with Gasteiger partial charge in [0.15, 0.2) is 0 Å². The highest BCUT2D eigenvalue weighted by Crippen LogP contribution is 2.36. The molecule has 94 valence electrons. The van der Waals surface area contributed by atoms with Crippen molar-refractivity contribution in [2.24, 2.45) is 23.7 Å². The predicted octanol–water partition coefficient (Wildman–Crippen LogP) is 5.77. The Morgan fingerprint density at radius 3 is 1.60 bits per heavy atom. The predicted molar refractivity (Wildman–Crippen MR) is 73.2 cm³/mol. The van der Waals surface area contributed by atoms with E-state index in [1.54, 1.807) is 0 Å². The van der Waals surface area contributed by atoms with Crippen molar-refractivity contribution in [2.45, 2.75) is 74.7 Å². The zero-order valence-corrected chi connectivity index (χ0v) is 12.4. The Labute approximate surface area is 98.9 Å². The van der Waals surface area contributed by atoms with Crippen molar-refractivity contribution in [3.63, 3.8) is 0 Å². The maximum Gasteiger partial charge on any atom is -0.0388 e. The molecule has 1 saturated carbocycles. The first-order chi connectivity index (χ1) is 7.11. The zero-order valence-electron chi connectivity index (χ0n) is 12.4. The molecule has 1 fully saturated rings. The smallest absolute Gasteiger partial charge is 0.0388 e. The normalized spacial score (nSPS) is 29.8. The van der Waals surface area contributed by atoms with Crippen molar-refractivity contribution in [1.29, 1.82) is 0 Å². The molecule has 0 aromatic rings. The summed E-state index contributed by atoms with van der Waals surface area (Å²) in [5, 5.41) is 0. The molecule has 0 spiro atoms. The Balaban J connectivity index is 0. The lowest BCUT2D eigenvalue weighted by Gasteiger charge is -2.34. The van der Waals surface area contributed by atoms with Gasteiger partial charge in [-0.15, -0.1) is 0 Å². The van der Waals surface area contributed by atoms with Crippen LogP contribution in [-0.4, -0.2) is 0 Å². The van der Waals surface area contributed by atoms with Gasteiger partial charge in [0, 0.05) is 0 Å². The maximum atomic E-state index is 2.42. The molecule has 0 aliphatic heterocycles. The molecule has 0 radical (unpaired) electrons. The number of hydrogen-bond donors (Lipinski definition) is 0. The number of hydrogen-bond acceptors (Lipinski definition) is 0. The lowest BCUT2D eigenvalue weighted by Crippen LogP contribution is -2.23. The van der Waals surface area contributed by atoms with Crippen LogP contribution in [0.15, 0.2) is 0 Å². The first kappa shape index (κ1) is 17.4. The van der Waals surface area contributed by atoms with Gasteiger partial charge in [0.1, 0.15) is 0 Å². The molecule has 1 rings (SSSR count). The van der Waals surface area contributed by atoms with Gasteiger partial charge in [-0.25, -0.2) is 0 Å². The topological polar surface area (TPSA) is 0 Å². The highest BCUT2D eigenvalue weighted by molar-refractivity contribution is 4.76. The standard InChI is InChI=1S/C11H22.2C2H6/c1-8(2)11-6-5-9(3)10(4)7-11;2*1-2/h8-11H,5-7H2,1-4H3;2*1-2H3. The highest BCUT2D eigenvalue weighted by Gasteiger charge is 2.25. The molecule has 0 aromatic heterocycles. The minimum atomic E-state index is 0.907. The molecule has 1 aliphatic rings. The van der Waals surface area contributed by atoms with E-state index in [0.717, 1.165) is 23.7 Å². The molecular weight excluding hydrogens is 180 g/mol. The molecule has 0 N–H and O–H groups in total. The summed E-state index contributed by atoms with van der Waals surface area (Å²) in [7, 11) is 0. The summed E-state index contributed by atoms with van der Waals surface area (Å²) >= 11 is 0. The van der Waals surface area contributed by atoms with E-state index in [-0.39, 0.29) is 0 Å². The van der Waals surface area contributed by atoms with Crippen LogP contribution in [0.1, 0.15) is 74.7 Å². The summed E-state index contributed by atoms with van der Waals surface area (Å²) in [6.07, 6.45) is 4.41. The van der Waals surface area contributed by atoms with Crippen molar-refractivity contribution < 1.29 is 0 Å². The second kappa shape index (κ2) is 10.5. The summed E-state index contributed by atoms with van der Waals surface area (Å²) in [6.45, 7) is 17.6. The molecule has 1 aliphatic carbocycles. The van der Waals surface area contributed by atoms with Gasteiger partial charge in [-0.05, 0) is 36.5 Å². The van der Waals surface area contributed by atoms with Gasteiger partial charge < -0.3 is 0 Å². The summed E-state index contributed by atoms with van der Waals surface area (Å²) in [4.78, 5) is 0. The van der Waals surface area contributed by atoms with Gasteiger partial charge in [-0.2, -0.15) is 0 Å². The lowest BCUT2D eigenvalue weighted by atomic mass is 9.72. The van der Waals surface area contributed by atoms with Crippen molar-refractivity contribution in [3.05, 3.63) is 0 Å². The van der Waals surface area contributed by atoms with Crippen molar-refractivity contribution in [1.82, 2.24) is 0 Å². The van der Waals surface area contributed by atoms with Crippen LogP contribution in [0.5, 0.6) is 0 Å². The van der Waals surface area contributed by atoms with Crippen molar-refractivity contribution in [3.8, 4) is 0 Å². The van der Waals surface area contributed by atoms with Gasteiger partial charge in [0.25, 0.3) is 0 Å². The quantitative estimate of drug-likeness (QED) is 0.520. The van der Waals surface area contributed by atoms with E-state index in [4.69, 9.17) is 0 Å². The average molecular weight is 214 g/mol. The molecule has 0 amide bonds. The van der Waals surface area contributed by atoms with Crippen LogP contribution >= 0.6 is 0 Å². The van der Waals surface area contributed by atoms with E-state index >= 15 is 0 Å². The van der Waals surface area contributed by atoms with Gasteiger partial charge >= 0.3 is 0 Å². The third-order valence-electron chi connectivity index (χ3n) is 3.58. The van der Waals surface area contributed by atoms with Crippen LogP contribution < -0.4 is 0 Å². The van der Waals surface area contributed by atoms with Crippen LogP contribution in [0.4, 0.5) is 0 Å². The van der Waals surface area contributed by atoms with Crippen molar-refractivity contribution >= 4 is 0 Å². The molecule has 15 heavy (non-hydrogen) atoms. The SMILES string of the molecule is CC.CC.CC(C)C1CCC(C)C(C)C1. The lowest BCUT2D eigenvalue weighted by molar-refractivity contribution is 0.171. The minimum Gasteiger partial charge on any atom is -0.0683 e. The fourth-order valence-electron chi connectivity index (χ4n) is 2.19. The van der Waals surface area contributed by atoms with Crippen LogP contribution in [0, 0.1) is 23.7 Å². The van der Waals surface area contributed by atoms with Gasteiger partial charge in [-0.3, -0.25) is 0 Å². The summed E-state index contributed by atoms with van der Waals surface area (Å²) in [5.41, 5.74) is 0. The largest absolute Gasteiger partial charge is 0.0683 e. The molecule has 3 unspecified atom stereocenters. The molecule has 0 heteroatoms. The fourth-order valence-corrected chi connectivity index (χ4v) is 2.19. The maximum absolute atomic E-state index is 2.42. The van der Waals surface area contributed by atoms with E-state index in [2.05, 4.69) is 27.7 Å². The summed E-state index contributed by atoms with van der Waals surface area (Å²) in [6, 6.07) is 0. The molecule has 0 nitrogen and oxygen atoms in total. The van der Waals surface area contributed by atoms with Crippen LogP contribution in [0.2, 0.25) is 0 Å². The van der Waals surface area contributed by atoms with Crippen LogP contribution in [-0.2, 0) is 0 Å². The van der Waals surface area contributed by atoms with E-state index in [0.29, 0.717) is 0 Å². The first-order valence-corrected chi connectivity index (χ1v) is 7.11. The first-order valence-electron chi connectivity index (χ1n) is 7.11. The van der Waals surface area contributed by atoms with Crippen LogP contribution in [0.25, 0.3) is 0 Å². The zero-order chi connectivity index (χ0) is 12.4. The Morgan fingerprint density at radius 1 is 0.800 bits per heavy atom. The summed E-state index contributed by atoms with van der Waals surface area (Å²) in [5.74, 6) is 3.87. The fraction of sp³-hybridized carbons (Fsp3) is 1.00. The van der Waals surface area contributed by atoms with Gasteiger partial charge in [0.05, 0.1) is 0 Å². The molecule has 0 aromatic carbocycles. The highest BCUT2D eigenvalue weighted by atomic mass is 14.3. The van der Waals surface area contributed by atoms with Crippen molar-refractivity contribution in [2.75, 3.05) is 0 Å². The Hall–Kier alpha value is 0. The molecular formula is C15H34. The van der Waals surface area contributed by atoms with Gasteiger partial charge in [-0.1, -0.05) is 61.8 Å². The molecule has 0 saturated heterocycles. The monoisotopic (exact) mass is 214 g/mol. The summed E-state index contributed by atoms with van der Waals surface area (Å²) < 4.78 is 0. The third-order valence-corrected chi connectivity index (χ3v) is 3.58. The Morgan fingerprint density at radius 2 is 1.27 bits per heavy atom. The minimum absolute atomic E-state index is 0.907. The molecule has 0 bridgehead atoms. The average Bonchev–Trinajstić information content (AvgIpc) is 2.27. The van der Waals surface area contributed by atoms with Crippen LogP contribution in [0.3, 0.4) is 0 Å². The second-order valence-electron chi connectivity index (χ2n) is 4.77.